The standard InChI is InChI=1S/C27H22N4O5/c1-27-25(35-2)18(31(33)34)11-19(36-27)29-16-9-5-3-7-13(16)21-22-15(12-28-26(22)32)20-14-8-4-6-10-17(14)30(27)24(20)23(21)29/h3-10,18-19,25H,11-12H2,1-2H3,(H,28,32)/t18-,19+,25+,27-/m0/s1. The van der Waals surface area contributed by atoms with Crippen LogP contribution in [0.25, 0.3) is 43.6 Å². The lowest BCUT2D eigenvalue weighted by Gasteiger charge is -2.45. The molecule has 2 aromatic heterocycles. The van der Waals surface area contributed by atoms with Crippen molar-refractivity contribution >= 4 is 49.5 Å². The summed E-state index contributed by atoms with van der Waals surface area (Å²) in [6.45, 7) is 2.33. The van der Waals surface area contributed by atoms with Gasteiger partial charge in [0, 0.05) is 40.1 Å². The van der Waals surface area contributed by atoms with Crippen molar-refractivity contribution in [1.29, 1.82) is 0 Å². The summed E-state index contributed by atoms with van der Waals surface area (Å²) in [7, 11) is 1.51. The molecule has 3 aromatic carbocycles. The summed E-state index contributed by atoms with van der Waals surface area (Å²) in [6, 6.07) is 15.0. The zero-order valence-corrected chi connectivity index (χ0v) is 19.6. The normalized spacial score (nSPS) is 26.7. The number of para-hydroxylation sites is 2. The molecule has 1 fully saturated rings. The van der Waals surface area contributed by atoms with E-state index in [9.17, 15) is 14.9 Å². The van der Waals surface area contributed by atoms with E-state index in [-0.39, 0.29) is 17.3 Å². The van der Waals surface area contributed by atoms with Gasteiger partial charge in [0.15, 0.2) is 11.8 Å². The number of rotatable bonds is 2. The molecule has 36 heavy (non-hydrogen) atoms. The van der Waals surface area contributed by atoms with Crippen LogP contribution in [0.15, 0.2) is 48.5 Å². The van der Waals surface area contributed by atoms with Crippen molar-refractivity contribution in [3.63, 3.8) is 0 Å². The molecule has 0 unspecified atom stereocenters. The quantitative estimate of drug-likeness (QED) is 0.297. The van der Waals surface area contributed by atoms with Gasteiger partial charge in [-0.1, -0.05) is 36.4 Å². The summed E-state index contributed by atoms with van der Waals surface area (Å²) in [4.78, 5) is 25.4. The molecule has 0 radical (unpaired) electrons. The van der Waals surface area contributed by atoms with E-state index < -0.39 is 24.1 Å². The SMILES string of the molecule is CO[C@@H]1[C@@H]([N+](=O)[O-])C[C@H]2O[C@]1(C)n1c3ccccc3c3c4c(c5c6ccccc6n2c5c31)C(=O)NC4. The van der Waals surface area contributed by atoms with Gasteiger partial charge in [0.2, 0.25) is 6.04 Å². The summed E-state index contributed by atoms with van der Waals surface area (Å²) < 4.78 is 16.9. The van der Waals surface area contributed by atoms with Gasteiger partial charge in [0.05, 0.1) is 34.1 Å². The third kappa shape index (κ3) is 2.09. The number of nitrogens with zero attached hydrogens (tertiary/aromatic N) is 3. The van der Waals surface area contributed by atoms with E-state index in [1.54, 1.807) is 0 Å². The molecular formula is C27H22N4O5. The number of benzene rings is 3. The van der Waals surface area contributed by atoms with Crippen LogP contribution in [-0.4, -0.2) is 39.2 Å². The molecule has 180 valence electrons. The molecule has 2 bridgehead atoms. The Balaban J connectivity index is 1.71. The molecule has 5 aromatic rings. The van der Waals surface area contributed by atoms with Crippen molar-refractivity contribution in [1.82, 2.24) is 14.5 Å². The van der Waals surface area contributed by atoms with Gasteiger partial charge in [-0.05, 0) is 24.6 Å². The fourth-order valence-electron chi connectivity index (χ4n) is 7.23. The number of carbonyl (C=O) groups excluding carboxylic acids is 1. The lowest BCUT2D eigenvalue weighted by molar-refractivity contribution is -0.556. The Bertz CT molecular complexity index is 1830. The summed E-state index contributed by atoms with van der Waals surface area (Å²) >= 11 is 0. The molecule has 9 nitrogen and oxygen atoms in total. The second-order valence-corrected chi connectivity index (χ2v) is 10.1. The topological polar surface area (TPSA) is 101 Å². The van der Waals surface area contributed by atoms with Gasteiger partial charge in [0.25, 0.3) is 5.91 Å². The monoisotopic (exact) mass is 482 g/mol. The molecule has 4 atom stereocenters. The number of aromatic nitrogens is 2. The van der Waals surface area contributed by atoms with Gasteiger partial charge in [-0.15, -0.1) is 0 Å². The van der Waals surface area contributed by atoms with Gasteiger partial charge < -0.3 is 23.9 Å². The maximum absolute atomic E-state index is 13.3. The average molecular weight is 482 g/mol. The number of carbonyl (C=O) groups is 1. The van der Waals surface area contributed by atoms with Crippen molar-refractivity contribution < 1.29 is 19.2 Å². The number of hydrogen-bond acceptors (Lipinski definition) is 5. The summed E-state index contributed by atoms with van der Waals surface area (Å²) in [5, 5.41) is 19.2. The molecule has 1 amide bonds. The Labute approximate surface area is 204 Å². The molecule has 3 aliphatic heterocycles. The zero-order valence-electron chi connectivity index (χ0n) is 19.6. The molecule has 9 heteroatoms. The smallest absolute Gasteiger partial charge is 0.252 e. The highest BCUT2D eigenvalue weighted by molar-refractivity contribution is 6.31. The lowest BCUT2D eigenvalue weighted by Crippen LogP contribution is -2.58. The molecule has 1 N–H and O–H groups in total. The molecule has 8 rings (SSSR count). The highest BCUT2D eigenvalue weighted by Gasteiger charge is 2.57. The fourth-order valence-corrected chi connectivity index (χ4v) is 7.23. The molecule has 5 heterocycles. The second kappa shape index (κ2) is 6.43. The minimum Gasteiger partial charge on any atom is -0.369 e. The first-order valence-corrected chi connectivity index (χ1v) is 12.1. The first-order chi connectivity index (χ1) is 17.5. The van der Waals surface area contributed by atoms with Crippen molar-refractivity contribution in [3.8, 4) is 0 Å². The summed E-state index contributed by atoms with van der Waals surface area (Å²) in [6.07, 6.45) is -1.27. The van der Waals surface area contributed by atoms with Crippen LogP contribution in [0, 0.1) is 10.1 Å². The van der Waals surface area contributed by atoms with Crippen molar-refractivity contribution in [2.24, 2.45) is 0 Å². The van der Waals surface area contributed by atoms with Crippen LogP contribution >= 0.6 is 0 Å². The third-order valence-electron chi connectivity index (χ3n) is 8.47. The first kappa shape index (κ1) is 20.3. The van der Waals surface area contributed by atoms with Crippen molar-refractivity contribution in [2.75, 3.05) is 7.11 Å². The van der Waals surface area contributed by atoms with Crippen LogP contribution < -0.4 is 5.32 Å². The Morgan fingerprint density at radius 2 is 1.78 bits per heavy atom. The molecule has 0 saturated carbocycles. The number of fused-ring (bicyclic) bond motifs is 13. The summed E-state index contributed by atoms with van der Waals surface area (Å²) in [5.41, 5.74) is 4.08. The number of nitro groups is 1. The van der Waals surface area contributed by atoms with Crippen LogP contribution in [0.1, 0.15) is 35.5 Å². The van der Waals surface area contributed by atoms with Crippen molar-refractivity contribution in [2.45, 2.75) is 44.0 Å². The van der Waals surface area contributed by atoms with E-state index in [0.717, 1.165) is 49.2 Å². The Kier molecular flexibility index (Phi) is 3.62. The van der Waals surface area contributed by atoms with Crippen LogP contribution in [0.5, 0.6) is 0 Å². The average Bonchev–Trinajstić information content (AvgIpc) is 3.51. The molecular weight excluding hydrogens is 460 g/mol. The highest BCUT2D eigenvalue weighted by atomic mass is 16.6. The van der Waals surface area contributed by atoms with Crippen LogP contribution in [0.3, 0.4) is 0 Å². The summed E-state index contributed by atoms with van der Waals surface area (Å²) in [5.74, 6) is -0.0936. The number of ether oxygens (including phenoxy) is 2. The van der Waals surface area contributed by atoms with Gasteiger partial charge in [0.1, 0.15) is 6.23 Å². The number of methoxy groups -OCH3 is 1. The van der Waals surface area contributed by atoms with E-state index in [1.165, 1.54) is 7.11 Å². The number of amides is 1. The van der Waals surface area contributed by atoms with E-state index in [4.69, 9.17) is 9.47 Å². The Morgan fingerprint density at radius 1 is 1.08 bits per heavy atom. The Hall–Kier alpha value is -3.95. The van der Waals surface area contributed by atoms with Gasteiger partial charge in [-0.25, -0.2) is 0 Å². The number of nitrogens with one attached hydrogen (secondary N) is 1. The van der Waals surface area contributed by atoms with Crippen molar-refractivity contribution in [3.05, 3.63) is 69.8 Å². The molecule has 1 saturated heterocycles. The largest absolute Gasteiger partial charge is 0.369 e. The van der Waals surface area contributed by atoms with Crippen LogP contribution in [0.2, 0.25) is 0 Å². The van der Waals surface area contributed by atoms with Crippen LogP contribution in [-0.2, 0) is 21.7 Å². The number of hydrogen-bond donors (Lipinski definition) is 1. The minimum absolute atomic E-state index is 0.0936. The van der Waals surface area contributed by atoms with E-state index in [1.807, 2.05) is 55.5 Å². The molecule has 0 aliphatic carbocycles. The van der Waals surface area contributed by atoms with Crippen LogP contribution in [0.4, 0.5) is 0 Å². The third-order valence-corrected chi connectivity index (χ3v) is 8.47. The first-order valence-electron chi connectivity index (χ1n) is 12.1. The van der Waals surface area contributed by atoms with Gasteiger partial charge >= 0.3 is 0 Å². The maximum atomic E-state index is 13.3. The van der Waals surface area contributed by atoms with Gasteiger partial charge in [-0.2, -0.15) is 0 Å². The predicted molar refractivity (Wildman–Crippen MR) is 134 cm³/mol. The predicted octanol–water partition coefficient (Wildman–Crippen LogP) is 4.41. The van der Waals surface area contributed by atoms with Gasteiger partial charge in [-0.3, -0.25) is 14.9 Å². The van der Waals surface area contributed by atoms with E-state index in [0.29, 0.717) is 12.1 Å². The van der Waals surface area contributed by atoms with E-state index in [2.05, 4.69) is 14.5 Å². The van der Waals surface area contributed by atoms with E-state index >= 15 is 0 Å². The maximum Gasteiger partial charge on any atom is 0.252 e. The minimum atomic E-state index is -1.16. The Morgan fingerprint density at radius 3 is 2.50 bits per heavy atom. The lowest BCUT2D eigenvalue weighted by atomic mass is 9.93. The fraction of sp³-hybridized carbons (Fsp3) is 0.296. The second-order valence-electron chi connectivity index (χ2n) is 10.1. The molecule has 3 aliphatic rings. The zero-order chi connectivity index (χ0) is 24.5. The molecule has 0 spiro atoms. The highest BCUT2D eigenvalue weighted by Crippen LogP contribution is 2.53.